The Bertz CT molecular complexity index is 1100. The third-order valence-corrected chi connectivity index (χ3v) is 6.47. The zero-order chi connectivity index (χ0) is 22.0. The van der Waals surface area contributed by atoms with Crippen molar-refractivity contribution in [1.29, 1.82) is 0 Å². The zero-order valence-electron chi connectivity index (χ0n) is 17.6. The van der Waals surface area contributed by atoms with Crippen molar-refractivity contribution in [3.05, 3.63) is 68.1 Å². The Labute approximate surface area is 185 Å². The highest BCUT2D eigenvalue weighted by molar-refractivity contribution is 8.18. The predicted octanol–water partition coefficient (Wildman–Crippen LogP) is 5.09. The number of nitrogens with one attached hydrogen (secondary N) is 1. The number of carbonyl (C=O) groups is 1. The van der Waals surface area contributed by atoms with Crippen molar-refractivity contribution in [3.63, 3.8) is 0 Å². The van der Waals surface area contributed by atoms with Gasteiger partial charge in [-0.25, -0.2) is 4.99 Å². The van der Waals surface area contributed by atoms with Crippen LogP contribution in [-0.2, 0) is 4.79 Å². The molecule has 2 aliphatic rings. The summed E-state index contributed by atoms with van der Waals surface area (Å²) in [6.07, 6.45) is 4.92. The minimum absolute atomic E-state index is 0.0728. The molecule has 0 bridgehead atoms. The number of amidine groups is 1. The Kier molecular flexibility index (Phi) is 6.08. The van der Waals surface area contributed by atoms with Crippen LogP contribution < -0.4 is 10.2 Å². The lowest BCUT2D eigenvalue weighted by atomic mass is 10.1. The molecular formula is C23H24N4O3S. The van der Waals surface area contributed by atoms with E-state index >= 15 is 0 Å². The van der Waals surface area contributed by atoms with Crippen LogP contribution >= 0.6 is 11.8 Å². The number of amides is 1. The molecule has 2 fully saturated rings. The first-order valence-electron chi connectivity index (χ1n) is 10.3. The fourth-order valence-corrected chi connectivity index (χ4v) is 4.56. The van der Waals surface area contributed by atoms with Crippen LogP contribution in [0.2, 0.25) is 0 Å². The summed E-state index contributed by atoms with van der Waals surface area (Å²) in [5, 5.41) is 14.9. The maximum atomic E-state index is 12.4. The van der Waals surface area contributed by atoms with Crippen LogP contribution in [0.5, 0.6) is 0 Å². The van der Waals surface area contributed by atoms with Crippen LogP contribution in [0.25, 0.3) is 6.08 Å². The SMILES string of the molecule is Cc1ccc(N=C2NC(=O)C(=Cc3ccc(N4CCCCC4)c([N+](=O)[O-])c3)S2)cc1C. The molecule has 1 N–H and O–H groups in total. The Morgan fingerprint density at radius 3 is 2.58 bits per heavy atom. The number of nitrogens with zero attached hydrogens (tertiary/aromatic N) is 3. The largest absolute Gasteiger partial charge is 0.366 e. The first kappa shape index (κ1) is 21.1. The van der Waals surface area contributed by atoms with Crippen LogP contribution in [0.15, 0.2) is 46.3 Å². The van der Waals surface area contributed by atoms with Crippen LogP contribution in [-0.4, -0.2) is 29.1 Å². The predicted molar refractivity (Wildman–Crippen MR) is 126 cm³/mol. The van der Waals surface area contributed by atoms with Crippen LogP contribution in [0.3, 0.4) is 0 Å². The van der Waals surface area contributed by atoms with Crippen LogP contribution in [0, 0.1) is 24.0 Å². The summed E-state index contributed by atoms with van der Waals surface area (Å²) < 4.78 is 0. The number of rotatable bonds is 4. The number of thioether (sulfide) groups is 1. The van der Waals surface area contributed by atoms with Crippen molar-refractivity contribution in [2.24, 2.45) is 4.99 Å². The third kappa shape index (κ3) is 4.80. The van der Waals surface area contributed by atoms with Gasteiger partial charge in [-0.2, -0.15) is 0 Å². The molecule has 1 amide bonds. The van der Waals surface area contributed by atoms with Crippen LogP contribution in [0.1, 0.15) is 36.0 Å². The highest BCUT2D eigenvalue weighted by atomic mass is 32.2. The Hall–Kier alpha value is -3.13. The number of piperidine rings is 1. The molecule has 2 aromatic rings. The van der Waals surface area contributed by atoms with E-state index in [1.165, 1.54) is 17.3 Å². The van der Waals surface area contributed by atoms with E-state index in [1.807, 2.05) is 38.1 Å². The minimum Gasteiger partial charge on any atom is -0.366 e. The monoisotopic (exact) mass is 436 g/mol. The number of hydrogen-bond donors (Lipinski definition) is 1. The van der Waals surface area contributed by atoms with Gasteiger partial charge in [0.05, 0.1) is 15.5 Å². The molecule has 2 saturated heterocycles. The molecule has 4 rings (SSSR count). The lowest BCUT2D eigenvalue weighted by molar-refractivity contribution is -0.384. The highest BCUT2D eigenvalue weighted by Gasteiger charge is 2.25. The van der Waals surface area contributed by atoms with E-state index in [9.17, 15) is 14.9 Å². The van der Waals surface area contributed by atoms with Crippen molar-refractivity contribution in [2.75, 3.05) is 18.0 Å². The Morgan fingerprint density at radius 1 is 1.10 bits per heavy atom. The summed E-state index contributed by atoms with van der Waals surface area (Å²) in [7, 11) is 0. The van der Waals surface area contributed by atoms with Crippen LogP contribution in [0.4, 0.5) is 17.1 Å². The molecule has 2 aliphatic heterocycles. The normalized spacial score (nSPS) is 19.2. The molecule has 7 nitrogen and oxygen atoms in total. The second-order valence-electron chi connectivity index (χ2n) is 7.80. The smallest absolute Gasteiger partial charge is 0.293 e. The first-order chi connectivity index (χ1) is 14.9. The first-order valence-corrected chi connectivity index (χ1v) is 11.1. The molecule has 160 valence electrons. The molecule has 0 spiro atoms. The fourth-order valence-electron chi connectivity index (χ4n) is 3.72. The van der Waals surface area contributed by atoms with Crippen molar-refractivity contribution < 1.29 is 9.72 Å². The maximum Gasteiger partial charge on any atom is 0.293 e. The van der Waals surface area contributed by atoms with E-state index < -0.39 is 0 Å². The summed E-state index contributed by atoms with van der Waals surface area (Å²) in [4.78, 5) is 30.8. The van der Waals surface area contributed by atoms with Crippen molar-refractivity contribution in [3.8, 4) is 0 Å². The summed E-state index contributed by atoms with van der Waals surface area (Å²) in [6.45, 7) is 5.72. The fraction of sp³-hybridized carbons (Fsp3) is 0.304. The van der Waals surface area contributed by atoms with Crippen molar-refractivity contribution >= 4 is 46.0 Å². The number of aliphatic imine (C=N–C) groups is 1. The van der Waals surface area contributed by atoms with Gasteiger partial charge >= 0.3 is 0 Å². The summed E-state index contributed by atoms with van der Waals surface area (Å²) in [6, 6.07) is 11.0. The second-order valence-corrected chi connectivity index (χ2v) is 8.83. The quantitative estimate of drug-likeness (QED) is 0.410. The van der Waals surface area contributed by atoms with E-state index in [0.717, 1.165) is 43.6 Å². The molecule has 2 heterocycles. The number of carbonyl (C=O) groups excluding carboxylic acids is 1. The van der Waals surface area contributed by atoms with Gasteiger partial charge in [0, 0.05) is 19.2 Å². The van der Waals surface area contributed by atoms with Gasteiger partial charge in [-0.1, -0.05) is 12.1 Å². The van der Waals surface area contributed by atoms with Gasteiger partial charge in [-0.05, 0) is 85.8 Å². The molecule has 0 atom stereocenters. The van der Waals surface area contributed by atoms with E-state index in [1.54, 1.807) is 18.2 Å². The van der Waals surface area contributed by atoms with Gasteiger partial charge < -0.3 is 10.2 Å². The molecular weight excluding hydrogens is 412 g/mol. The molecule has 0 aliphatic carbocycles. The Balaban J connectivity index is 1.58. The van der Waals surface area contributed by atoms with Gasteiger partial charge in [-0.3, -0.25) is 14.9 Å². The molecule has 0 radical (unpaired) electrons. The number of benzene rings is 2. The summed E-state index contributed by atoms with van der Waals surface area (Å²) >= 11 is 1.24. The summed E-state index contributed by atoms with van der Waals surface area (Å²) in [5.74, 6) is -0.254. The maximum absolute atomic E-state index is 12.4. The average Bonchev–Trinajstić information content (AvgIpc) is 3.10. The topological polar surface area (TPSA) is 87.8 Å². The van der Waals surface area contributed by atoms with Gasteiger partial charge in [0.25, 0.3) is 11.6 Å². The van der Waals surface area contributed by atoms with Gasteiger partial charge in [0.2, 0.25) is 0 Å². The third-order valence-electron chi connectivity index (χ3n) is 5.56. The average molecular weight is 437 g/mol. The number of anilines is 1. The number of nitro groups is 1. The van der Waals surface area contributed by atoms with Crippen molar-refractivity contribution in [1.82, 2.24) is 5.32 Å². The molecule has 2 aromatic carbocycles. The number of hydrogen-bond acceptors (Lipinski definition) is 6. The Morgan fingerprint density at radius 2 is 1.87 bits per heavy atom. The second kappa shape index (κ2) is 8.93. The molecule has 0 aromatic heterocycles. The van der Waals surface area contributed by atoms with Gasteiger partial charge in [0.15, 0.2) is 5.17 Å². The van der Waals surface area contributed by atoms with E-state index in [-0.39, 0.29) is 16.5 Å². The standard InChI is InChI=1S/C23H24N4O3S/c1-15-6-8-18(12-16(15)2)24-23-25-22(28)21(31-23)14-17-7-9-19(20(13-17)27(29)30)26-10-4-3-5-11-26/h6-9,12-14H,3-5,10-11H2,1-2H3,(H,24,25,28). The number of aryl methyl sites for hydroxylation is 2. The highest BCUT2D eigenvalue weighted by Crippen LogP contribution is 2.34. The lowest BCUT2D eigenvalue weighted by Gasteiger charge is -2.28. The molecule has 0 unspecified atom stereocenters. The van der Waals surface area contributed by atoms with E-state index in [4.69, 9.17) is 0 Å². The zero-order valence-corrected chi connectivity index (χ0v) is 18.4. The van der Waals surface area contributed by atoms with E-state index in [0.29, 0.717) is 21.3 Å². The van der Waals surface area contributed by atoms with Gasteiger partial charge in [0.1, 0.15) is 5.69 Å². The molecule has 0 saturated carbocycles. The minimum atomic E-state index is -0.347. The number of nitro benzene ring substituents is 1. The molecule has 31 heavy (non-hydrogen) atoms. The van der Waals surface area contributed by atoms with E-state index in [2.05, 4.69) is 15.2 Å². The van der Waals surface area contributed by atoms with Gasteiger partial charge in [-0.15, -0.1) is 0 Å². The lowest BCUT2D eigenvalue weighted by Crippen LogP contribution is -2.29. The van der Waals surface area contributed by atoms with Crippen molar-refractivity contribution in [2.45, 2.75) is 33.1 Å². The summed E-state index contributed by atoms with van der Waals surface area (Å²) in [5.41, 5.74) is 4.43. The molecule has 8 heteroatoms.